The van der Waals surface area contributed by atoms with Gasteiger partial charge >= 0.3 is 0 Å². The summed E-state index contributed by atoms with van der Waals surface area (Å²) in [6.07, 6.45) is 3.97. The van der Waals surface area contributed by atoms with E-state index in [0.29, 0.717) is 19.7 Å². The van der Waals surface area contributed by atoms with Crippen molar-refractivity contribution in [2.75, 3.05) is 33.4 Å². The van der Waals surface area contributed by atoms with E-state index in [-0.39, 0.29) is 18.9 Å². The molecule has 0 saturated heterocycles. The number of ether oxygens (including phenoxy) is 1. The number of nitrogens with zero attached hydrogens (tertiary/aromatic N) is 3. The van der Waals surface area contributed by atoms with E-state index in [2.05, 4.69) is 4.98 Å². The standard InChI is InChI=1S/C14H19N3O3/c1-20-9-7-16(6-8-18)14(19)10-12-11-17-5-3-2-4-13(17)15-12/h2-5,11,18H,6-10H2,1H3. The number of imidazole rings is 1. The van der Waals surface area contributed by atoms with Gasteiger partial charge in [-0.15, -0.1) is 0 Å². The van der Waals surface area contributed by atoms with Crippen molar-refractivity contribution in [3.05, 3.63) is 36.3 Å². The minimum absolute atomic E-state index is 0.0549. The number of carbonyl (C=O) groups is 1. The smallest absolute Gasteiger partial charge is 0.228 e. The highest BCUT2D eigenvalue weighted by molar-refractivity contribution is 5.78. The van der Waals surface area contributed by atoms with Gasteiger partial charge in [0, 0.05) is 32.6 Å². The molecule has 0 aliphatic carbocycles. The topological polar surface area (TPSA) is 67.1 Å². The lowest BCUT2D eigenvalue weighted by Gasteiger charge is -2.20. The monoisotopic (exact) mass is 277 g/mol. The molecule has 1 amide bonds. The fourth-order valence-corrected chi connectivity index (χ4v) is 2.02. The number of aliphatic hydroxyl groups is 1. The largest absolute Gasteiger partial charge is 0.395 e. The molecule has 6 heteroatoms. The first-order valence-electron chi connectivity index (χ1n) is 6.55. The number of aromatic nitrogens is 2. The van der Waals surface area contributed by atoms with E-state index in [1.54, 1.807) is 12.0 Å². The lowest BCUT2D eigenvalue weighted by Crippen LogP contribution is -2.37. The molecule has 0 bridgehead atoms. The van der Waals surface area contributed by atoms with Gasteiger partial charge < -0.3 is 19.1 Å². The van der Waals surface area contributed by atoms with E-state index >= 15 is 0 Å². The average Bonchev–Trinajstić information content (AvgIpc) is 2.85. The number of carbonyl (C=O) groups excluding carboxylic acids is 1. The molecule has 0 fully saturated rings. The van der Waals surface area contributed by atoms with Gasteiger partial charge in [-0.2, -0.15) is 0 Å². The number of aliphatic hydroxyl groups excluding tert-OH is 1. The van der Waals surface area contributed by atoms with Crippen molar-refractivity contribution in [2.45, 2.75) is 6.42 Å². The van der Waals surface area contributed by atoms with E-state index < -0.39 is 0 Å². The zero-order valence-corrected chi connectivity index (χ0v) is 11.5. The lowest BCUT2D eigenvalue weighted by molar-refractivity contribution is -0.131. The van der Waals surface area contributed by atoms with Crippen LogP contribution in [0.4, 0.5) is 0 Å². The Morgan fingerprint density at radius 3 is 3.00 bits per heavy atom. The average molecular weight is 277 g/mol. The quantitative estimate of drug-likeness (QED) is 0.792. The summed E-state index contributed by atoms with van der Waals surface area (Å²) in [5.41, 5.74) is 1.54. The SMILES string of the molecule is COCCN(CCO)C(=O)Cc1cn2ccccc2n1. The van der Waals surface area contributed by atoms with Crippen molar-refractivity contribution in [1.82, 2.24) is 14.3 Å². The highest BCUT2D eigenvalue weighted by Crippen LogP contribution is 2.06. The Morgan fingerprint density at radius 1 is 1.45 bits per heavy atom. The van der Waals surface area contributed by atoms with E-state index in [4.69, 9.17) is 9.84 Å². The summed E-state index contributed by atoms with van der Waals surface area (Å²) < 4.78 is 6.85. The first-order valence-corrected chi connectivity index (χ1v) is 6.55. The zero-order valence-electron chi connectivity index (χ0n) is 11.5. The van der Waals surface area contributed by atoms with Crippen LogP contribution < -0.4 is 0 Å². The second-order valence-electron chi connectivity index (χ2n) is 4.47. The Kier molecular flexibility index (Phi) is 5.09. The van der Waals surface area contributed by atoms with Crippen molar-refractivity contribution in [3.63, 3.8) is 0 Å². The van der Waals surface area contributed by atoms with E-state index in [1.165, 1.54) is 0 Å². The van der Waals surface area contributed by atoms with Gasteiger partial charge in [-0.3, -0.25) is 4.79 Å². The molecule has 6 nitrogen and oxygen atoms in total. The number of rotatable bonds is 7. The molecule has 2 aromatic rings. The molecule has 2 rings (SSSR count). The van der Waals surface area contributed by atoms with Gasteiger partial charge in [0.25, 0.3) is 0 Å². The molecule has 0 spiro atoms. The Morgan fingerprint density at radius 2 is 2.30 bits per heavy atom. The van der Waals surface area contributed by atoms with Gasteiger partial charge in [-0.25, -0.2) is 4.98 Å². The molecule has 0 radical (unpaired) electrons. The fourth-order valence-electron chi connectivity index (χ4n) is 2.02. The fraction of sp³-hybridized carbons (Fsp3) is 0.429. The van der Waals surface area contributed by atoms with Crippen molar-refractivity contribution in [1.29, 1.82) is 0 Å². The van der Waals surface area contributed by atoms with Crippen LogP contribution in [0.3, 0.4) is 0 Å². The summed E-state index contributed by atoms with van der Waals surface area (Å²) >= 11 is 0. The third-order valence-electron chi connectivity index (χ3n) is 3.03. The first-order chi connectivity index (χ1) is 9.74. The van der Waals surface area contributed by atoms with Gasteiger partial charge in [0.05, 0.1) is 25.3 Å². The molecule has 0 aliphatic rings. The van der Waals surface area contributed by atoms with E-state index in [0.717, 1.165) is 11.3 Å². The van der Waals surface area contributed by atoms with Gasteiger partial charge in [0.2, 0.25) is 5.91 Å². The van der Waals surface area contributed by atoms with E-state index in [9.17, 15) is 4.79 Å². The van der Waals surface area contributed by atoms with Gasteiger partial charge in [-0.05, 0) is 12.1 Å². The molecule has 108 valence electrons. The normalized spacial score (nSPS) is 10.9. The van der Waals surface area contributed by atoms with E-state index in [1.807, 2.05) is 35.0 Å². The maximum absolute atomic E-state index is 12.2. The molecule has 2 aromatic heterocycles. The molecular formula is C14H19N3O3. The Labute approximate surface area is 117 Å². The van der Waals surface area contributed by atoms with Crippen LogP contribution in [0.2, 0.25) is 0 Å². The zero-order chi connectivity index (χ0) is 14.4. The molecule has 20 heavy (non-hydrogen) atoms. The van der Waals surface area contributed by atoms with Gasteiger partial charge in [0.15, 0.2) is 0 Å². The molecule has 0 unspecified atom stereocenters. The van der Waals surface area contributed by atoms with Crippen LogP contribution in [0.1, 0.15) is 5.69 Å². The number of hydrogen-bond acceptors (Lipinski definition) is 4. The number of fused-ring (bicyclic) bond motifs is 1. The Hall–Kier alpha value is -1.92. The molecule has 0 atom stereocenters. The van der Waals surface area contributed by atoms with Gasteiger partial charge in [-0.1, -0.05) is 6.07 Å². The van der Waals surface area contributed by atoms with Crippen molar-refractivity contribution < 1.29 is 14.6 Å². The lowest BCUT2D eigenvalue weighted by atomic mass is 10.3. The minimum atomic E-state index is -0.0560. The highest BCUT2D eigenvalue weighted by atomic mass is 16.5. The molecule has 2 heterocycles. The summed E-state index contributed by atoms with van der Waals surface area (Å²) in [5.74, 6) is -0.0560. The number of amides is 1. The minimum Gasteiger partial charge on any atom is -0.395 e. The summed E-state index contributed by atoms with van der Waals surface area (Å²) in [6, 6.07) is 5.71. The first kappa shape index (κ1) is 14.5. The summed E-state index contributed by atoms with van der Waals surface area (Å²) in [4.78, 5) is 18.2. The molecule has 0 saturated carbocycles. The summed E-state index contributed by atoms with van der Waals surface area (Å²) in [5, 5.41) is 9.01. The third kappa shape index (κ3) is 3.55. The Balaban J connectivity index is 2.04. The van der Waals surface area contributed by atoms with Crippen LogP contribution in [-0.2, 0) is 16.0 Å². The van der Waals surface area contributed by atoms with Crippen LogP contribution >= 0.6 is 0 Å². The second kappa shape index (κ2) is 7.02. The van der Waals surface area contributed by atoms with Crippen molar-refractivity contribution >= 4 is 11.6 Å². The summed E-state index contributed by atoms with van der Waals surface area (Å²) in [7, 11) is 1.59. The van der Waals surface area contributed by atoms with Gasteiger partial charge in [0.1, 0.15) is 5.65 Å². The van der Waals surface area contributed by atoms with Crippen LogP contribution in [-0.4, -0.2) is 58.7 Å². The van der Waals surface area contributed by atoms with Crippen LogP contribution in [0.25, 0.3) is 5.65 Å². The number of pyridine rings is 1. The maximum Gasteiger partial charge on any atom is 0.228 e. The molecular weight excluding hydrogens is 258 g/mol. The Bertz CT molecular complexity index is 535. The maximum atomic E-state index is 12.2. The number of hydrogen-bond donors (Lipinski definition) is 1. The van der Waals surface area contributed by atoms with Crippen LogP contribution in [0.5, 0.6) is 0 Å². The molecule has 0 aliphatic heterocycles. The van der Waals surface area contributed by atoms with Crippen LogP contribution in [0.15, 0.2) is 30.6 Å². The highest BCUT2D eigenvalue weighted by Gasteiger charge is 2.15. The molecule has 1 N–H and O–H groups in total. The third-order valence-corrected chi connectivity index (χ3v) is 3.03. The molecule has 0 aromatic carbocycles. The predicted octanol–water partition coefficient (Wildman–Crippen LogP) is 0.344. The number of methoxy groups -OCH3 is 1. The predicted molar refractivity (Wildman–Crippen MR) is 74.4 cm³/mol. The summed E-state index contributed by atoms with van der Waals surface area (Å²) in [6.45, 7) is 1.19. The second-order valence-corrected chi connectivity index (χ2v) is 4.47. The van der Waals surface area contributed by atoms with Crippen molar-refractivity contribution in [3.8, 4) is 0 Å². The van der Waals surface area contributed by atoms with Crippen molar-refractivity contribution in [2.24, 2.45) is 0 Å². The van der Waals surface area contributed by atoms with Crippen LogP contribution in [0, 0.1) is 0 Å².